The van der Waals surface area contributed by atoms with Gasteiger partial charge in [-0.1, -0.05) is 18.2 Å². The van der Waals surface area contributed by atoms with Crippen LogP contribution in [-0.4, -0.2) is 31.6 Å². The van der Waals surface area contributed by atoms with E-state index in [4.69, 9.17) is 14.2 Å². The third kappa shape index (κ3) is 2.46. The Balaban J connectivity index is 1.70. The number of esters is 1. The van der Waals surface area contributed by atoms with Crippen LogP contribution in [0, 0.1) is 0 Å². The van der Waals surface area contributed by atoms with Crippen molar-refractivity contribution in [3.63, 3.8) is 0 Å². The average molecular weight is 324 g/mol. The highest BCUT2D eigenvalue weighted by atomic mass is 16.7. The minimum absolute atomic E-state index is 0.228. The molecule has 2 aliphatic heterocycles. The standard InChI is InChI=1S/C18H16N2O4/c1-22-18(21)15-10-14(19-20(15)13-5-3-2-4-6-13)12-7-8-16-17(9-12)24-11-23-16/h2-9,15H,10-11H2,1H3. The van der Waals surface area contributed by atoms with E-state index in [1.807, 2.05) is 48.5 Å². The van der Waals surface area contributed by atoms with Gasteiger partial charge >= 0.3 is 5.97 Å². The fourth-order valence-corrected chi connectivity index (χ4v) is 2.90. The Morgan fingerprint density at radius 3 is 2.75 bits per heavy atom. The zero-order valence-corrected chi connectivity index (χ0v) is 13.1. The van der Waals surface area contributed by atoms with Crippen molar-refractivity contribution in [2.24, 2.45) is 5.10 Å². The predicted molar refractivity (Wildman–Crippen MR) is 88.4 cm³/mol. The molecule has 122 valence electrons. The molecule has 4 rings (SSSR count). The minimum Gasteiger partial charge on any atom is -0.467 e. The highest BCUT2D eigenvalue weighted by molar-refractivity contribution is 6.06. The Bertz CT molecular complexity index is 804. The molecule has 0 saturated heterocycles. The number of hydrogen-bond donors (Lipinski definition) is 0. The van der Waals surface area contributed by atoms with E-state index < -0.39 is 6.04 Å². The number of para-hydroxylation sites is 1. The maximum absolute atomic E-state index is 12.2. The number of carbonyl (C=O) groups excluding carboxylic acids is 1. The highest BCUT2D eigenvalue weighted by Crippen LogP contribution is 2.34. The first-order chi connectivity index (χ1) is 11.8. The maximum Gasteiger partial charge on any atom is 0.331 e. The molecular weight excluding hydrogens is 308 g/mol. The van der Waals surface area contributed by atoms with E-state index in [1.54, 1.807) is 5.01 Å². The molecule has 2 aliphatic rings. The highest BCUT2D eigenvalue weighted by Gasteiger charge is 2.35. The summed E-state index contributed by atoms with van der Waals surface area (Å²) in [4.78, 5) is 12.2. The lowest BCUT2D eigenvalue weighted by Gasteiger charge is -2.21. The number of carbonyl (C=O) groups is 1. The van der Waals surface area contributed by atoms with Crippen LogP contribution in [0.25, 0.3) is 0 Å². The second-order valence-electron chi connectivity index (χ2n) is 5.54. The van der Waals surface area contributed by atoms with Gasteiger partial charge in [0.15, 0.2) is 17.5 Å². The minimum atomic E-state index is -0.474. The number of hydrazone groups is 1. The molecule has 0 fully saturated rings. The van der Waals surface area contributed by atoms with Gasteiger partial charge in [-0.05, 0) is 30.3 Å². The van der Waals surface area contributed by atoms with Crippen molar-refractivity contribution < 1.29 is 19.0 Å². The lowest BCUT2D eigenvalue weighted by atomic mass is 10.0. The van der Waals surface area contributed by atoms with E-state index in [0.717, 1.165) is 22.7 Å². The van der Waals surface area contributed by atoms with Crippen LogP contribution < -0.4 is 14.5 Å². The molecule has 24 heavy (non-hydrogen) atoms. The van der Waals surface area contributed by atoms with Crippen molar-refractivity contribution in [1.82, 2.24) is 0 Å². The molecule has 0 radical (unpaired) electrons. The number of fused-ring (bicyclic) bond motifs is 1. The van der Waals surface area contributed by atoms with Crippen molar-refractivity contribution in [2.45, 2.75) is 12.5 Å². The molecular formula is C18H16N2O4. The molecule has 2 heterocycles. The van der Waals surface area contributed by atoms with Crippen LogP contribution in [0.5, 0.6) is 11.5 Å². The molecule has 1 unspecified atom stereocenters. The molecule has 2 aromatic carbocycles. The number of methoxy groups -OCH3 is 1. The number of hydrogen-bond acceptors (Lipinski definition) is 6. The van der Waals surface area contributed by atoms with Gasteiger partial charge in [0.2, 0.25) is 6.79 Å². The lowest BCUT2D eigenvalue weighted by Crippen LogP contribution is -2.35. The monoisotopic (exact) mass is 324 g/mol. The number of rotatable bonds is 3. The number of nitrogens with zero attached hydrogens (tertiary/aromatic N) is 2. The van der Waals surface area contributed by atoms with E-state index in [2.05, 4.69) is 5.10 Å². The van der Waals surface area contributed by atoms with Gasteiger partial charge in [-0.3, -0.25) is 5.01 Å². The van der Waals surface area contributed by atoms with E-state index >= 15 is 0 Å². The maximum atomic E-state index is 12.2. The van der Waals surface area contributed by atoms with Gasteiger partial charge in [-0.15, -0.1) is 0 Å². The van der Waals surface area contributed by atoms with Crippen LogP contribution in [0.2, 0.25) is 0 Å². The van der Waals surface area contributed by atoms with Crippen molar-refractivity contribution in [3.8, 4) is 11.5 Å². The van der Waals surface area contributed by atoms with Crippen LogP contribution in [0.4, 0.5) is 5.69 Å². The second-order valence-corrected chi connectivity index (χ2v) is 5.54. The zero-order valence-electron chi connectivity index (χ0n) is 13.1. The van der Waals surface area contributed by atoms with Crippen LogP contribution in [0.15, 0.2) is 53.6 Å². The summed E-state index contributed by atoms with van der Waals surface area (Å²) in [6.45, 7) is 0.228. The van der Waals surface area contributed by atoms with E-state index in [-0.39, 0.29) is 12.8 Å². The molecule has 0 aliphatic carbocycles. The Morgan fingerprint density at radius 2 is 1.96 bits per heavy atom. The molecule has 6 heteroatoms. The first kappa shape index (κ1) is 14.6. The Kier molecular flexibility index (Phi) is 3.57. The quantitative estimate of drug-likeness (QED) is 0.812. The zero-order chi connectivity index (χ0) is 16.5. The third-order valence-corrected chi connectivity index (χ3v) is 4.11. The Morgan fingerprint density at radius 1 is 1.17 bits per heavy atom. The fourth-order valence-electron chi connectivity index (χ4n) is 2.90. The van der Waals surface area contributed by atoms with Gasteiger partial charge in [0.25, 0.3) is 0 Å². The Labute approximate surface area is 139 Å². The van der Waals surface area contributed by atoms with Gasteiger partial charge in [-0.2, -0.15) is 5.10 Å². The summed E-state index contributed by atoms with van der Waals surface area (Å²) in [6.07, 6.45) is 0.473. The topological polar surface area (TPSA) is 60.4 Å². The molecule has 2 aromatic rings. The van der Waals surface area contributed by atoms with Crippen LogP contribution in [-0.2, 0) is 9.53 Å². The van der Waals surface area contributed by atoms with Crippen molar-refractivity contribution in [1.29, 1.82) is 0 Å². The largest absolute Gasteiger partial charge is 0.467 e. The van der Waals surface area contributed by atoms with Gasteiger partial charge in [-0.25, -0.2) is 4.79 Å². The summed E-state index contributed by atoms with van der Waals surface area (Å²) in [7, 11) is 1.39. The molecule has 0 aromatic heterocycles. The van der Waals surface area contributed by atoms with Crippen molar-refractivity contribution >= 4 is 17.4 Å². The van der Waals surface area contributed by atoms with Crippen LogP contribution >= 0.6 is 0 Å². The van der Waals surface area contributed by atoms with E-state index in [9.17, 15) is 4.79 Å². The summed E-state index contributed by atoms with van der Waals surface area (Å²) >= 11 is 0. The number of anilines is 1. The van der Waals surface area contributed by atoms with Crippen LogP contribution in [0.3, 0.4) is 0 Å². The van der Waals surface area contributed by atoms with Gasteiger partial charge in [0, 0.05) is 12.0 Å². The second kappa shape index (κ2) is 5.88. The van der Waals surface area contributed by atoms with Crippen molar-refractivity contribution in [2.75, 3.05) is 18.9 Å². The molecule has 0 N–H and O–H groups in total. The summed E-state index contributed by atoms with van der Waals surface area (Å²) in [6, 6.07) is 14.8. The van der Waals surface area contributed by atoms with Gasteiger partial charge < -0.3 is 14.2 Å². The average Bonchev–Trinajstić information content (AvgIpc) is 3.28. The smallest absolute Gasteiger partial charge is 0.331 e. The third-order valence-electron chi connectivity index (χ3n) is 4.11. The SMILES string of the molecule is COC(=O)C1CC(c2ccc3c(c2)OCO3)=NN1c1ccccc1. The van der Waals surface area contributed by atoms with E-state index in [1.165, 1.54) is 7.11 Å². The molecule has 0 saturated carbocycles. The first-order valence-electron chi connectivity index (χ1n) is 7.66. The van der Waals surface area contributed by atoms with Gasteiger partial charge in [0.1, 0.15) is 0 Å². The summed E-state index contributed by atoms with van der Waals surface area (Å²) in [5.74, 6) is 1.11. The normalized spacial score (nSPS) is 18.5. The van der Waals surface area contributed by atoms with Gasteiger partial charge in [0.05, 0.1) is 18.5 Å². The number of benzene rings is 2. The molecule has 0 amide bonds. The number of ether oxygens (including phenoxy) is 3. The summed E-state index contributed by atoms with van der Waals surface area (Å²) in [5.41, 5.74) is 2.57. The predicted octanol–water partition coefficient (Wildman–Crippen LogP) is 2.57. The summed E-state index contributed by atoms with van der Waals surface area (Å²) in [5, 5.41) is 6.37. The molecule has 6 nitrogen and oxygen atoms in total. The van der Waals surface area contributed by atoms with E-state index in [0.29, 0.717) is 12.2 Å². The first-order valence-corrected chi connectivity index (χ1v) is 7.66. The fraction of sp³-hybridized carbons (Fsp3) is 0.222. The summed E-state index contributed by atoms with van der Waals surface area (Å²) < 4.78 is 15.7. The molecule has 0 bridgehead atoms. The van der Waals surface area contributed by atoms with Crippen molar-refractivity contribution in [3.05, 3.63) is 54.1 Å². The van der Waals surface area contributed by atoms with Crippen LogP contribution in [0.1, 0.15) is 12.0 Å². The molecule has 0 spiro atoms. The lowest BCUT2D eigenvalue weighted by molar-refractivity contribution is -0.141. The Hall–Kier alpha value is -3.02. The molecule has 1 atom stereocenters.